The van der Waals surface area contributed by atoms with Gasteiger partial charge in [-0.3, -0.25) is 19.7 Å². The zero-order valence-corrected chi connectivity index (χ0v) is 18.9. The predicted octanol–water partition coefficient (Wildman–Crippen LogP) is 3.37. The number of hydrogen-bond donors (Lipinski definition) is 1. The van der Waals surface area contributed by atoms with Crippen LogP contribution in [0, 0.1) is 10.1 Å². The van der Waals surface area contributed by atoms with Gasteiger partial charge < -0.3 is 19.6 Å². The number of rotatable bonds is 9. The number of Topliss-reactive ketones (excluding diaryl/α,β-unsaturated/α-hetero) is 1. The smallest absolute Gasteiger partial charge is 0.295 e. The molecule has 2 aromatic rings. The largest absolute Gasteiger partial charge is 0.507 e. The summed E-state index contributed by atoms with van der Waals surface area (Å²) in [5, 5.41) is 22.0. The van der Waals surface area contributed by atoms with E-state index in [1.165, 1.54) is 29.2 Å². The number of likely N-dealkylation sites (tertiary alicyclic amines) is 1. The molecule has 1 aliphatic rings. The van der Waals surface area contributed by atoms with Crippen LogP contribution in [0.4, 0.5) is 5.69 Å². The molecule has 0 saturated carbocycles. The molecule has 1 unspecified atom stereocenters. The first-order valence-corrected chi connectivity index (χ1v) is 10.6. The van der Waals surface area contributed by atoms with Crippen molar-refractivity contribution in [2.75, 3.05) is 33.8 Å². The number of nitro groups is 1. The number of amides is 1. The lowest BCUT2D eigenvalue weighted by Crippen LogP contribution is -2.32. The van der Waals surface area contributed by atoms with Crippen LogP contribution in [0.1, 0.15) is 30.5 Å². The van der Waals surface area contributed by atoms with Gasteiger partial charge in [-0.25, -0.2) is 0 Å². The molecule has 174 valence electrons. The molecule has 1 fully saturated rings. The first kappa shape index (κ1) is 23.9. The number of aliphatic hydroxyl groups excluding tert-OH is 1. The average Bonchev–Trinajstić information content (AvgIpc) is 3.04. The van der Waals surface area contributed by atoms with Crippen molar-refractivity contribution >= 4 is 23.1 Å². The number of aliphatic hydroxyl groups is 1. The minimum atomic E-state index is -0.803. The van der Waals surface area contributed by atoms with Gasteiger partial charge >= 0.3 is 0 Å². The van der Waals surface area contributed by atoms with E-state index >= 15 is 0 Å². The number of ketones is 1. The second-order valence-electron chi connectivity index (χ2n) is 7.96. The summed E-state index contributed by atoms with van der Waals surface area (Å²) in [6, 6.07) is 11.5. The van der Waals surface area contributed by atoms with Crippen LogP contribution in [-0.4, -0.2) is 65.3 Å². The van der Waals surface area contributed by atoms with Gasteiger partial charge in [-0.1, -0.05) is 12.1 Å². The fourth-order valence-corrected chi connectivity index (χ4v) is 3.85. The monoisotopic (exact) mass is 453 g/mol. The number of nitrogens with zero attached hydrogens (tertiary/aromatic N) is 3. The lowest BCUT2D eigenvalue weighted by atomic mass is 9.95. The molecule has 1 aliphatic heterocycles. The van der Waals surface area contributed by atoms with E-state index in [1.807, 2.05) is 25.9 Å². The molecular formula is C24H27N3O6. The van der Waals surface area contributed by atoms with Crippen molar-refractivity contribution in [1.82, 2.24) is 9.80 Å². The van der Waals surface area contributed by atoms with Gasteiger partial charge in [0, 0.05) is 24.2 Å². The maximum Gasteiger partial charge on any atom is 0.295 e. The molecule has 0 aromatic heterocycles. The molecule has 1 N–H and O–H groups in total. The molecule has 2 aromatic carbocycles. The Kier molecular flexibility index (Phi) is 7.44. The average molecular weight is 453 g/mol. The van der Waals surface area contributed by atoms with E-state index < -0.39 is 22.7 Å². The minimum Gasteiger partial charge on any atom is -0.507 e. The van der Waals surface area contributed by atoms with Crippen molar-refractivity contribution in [3.63, 3.8) is 0 Å². The van der Waals surface area contributed by atoms with Crippen LogP contribution in [-0.2, 0) is 9.59 Å². The van der Waals surface area contributed by atoms with Crippen LogP contribution in [0.15, 0.2) is 54.1 Å². The fourth-order valence-electron chi connectivity index (χ4n) is 3.85. The Morgan fingerprint density at radius 2 is 1.88 bits per heavy atom. The third kappa shape index (κ3) is 5.20. The van der Waals surface area contributed by atoms with Crippen LogP contribution in [0.5, 0.6) is 5.75 Å². The number of hydrogen-bond acceptors (Lipinski definition) is 7. The van der Waals surface area contributed by atoms with Gasteiger partial charge in [0.05, 0.1) is 23.1 Å². The molecule has 3 rings (SSSR count). The Morgan fingerprint density at radius 1 is 1.18 bits per heavy atom. The predicted molar refractivity (Wildman–Crippen MR) is 123 cm³/mol. The molecule has 9 heteroatoms. The van der Waals surface area contributed by atoms with E-state index in [-0.39, 0.29) is 22.6 Å². The van der Waals surface area contributed by atoms with Crippen molar-refractivity contribution in [3.05, 3.63) is 75.3 Å². The Morgan fingerprint density at radius 3 is 2.48 bits per heavy atom. The molecule has 0 bridgehead atoms. The normalized spacial score (nSPS) is 17.6. The number of ether oxygens (including phenoxy) is 1. The highest BCUT2D eigenvalue weighted by molar-refractivity contribution is 6.46. The van der Waals surface area contributed by atoms with E-state index in [1.54, 1.807) is 24.3 Å². The molecule has 9 nitrogen and oxygen atoms in total. The third-order valence-electron chi connectivity index (χ3n) is 5.38. The fraction of sp³-hybridized carbons (Fsp3) is 0.333. The van der Waals surface area contributed by atoms with Gasteiger partial charge in [-0.15, -0.1) is 0 Å². The first-order chi connectivity index (χ1) is 15.7. The zero-order valence-electron chi connectivity index (χ0n) is 18.9. The van der Waals surface area contributed by atoms with Gasteiger partial charge in [-0.2, -0.15) is 0 Å². The highest BCUT2D eigenvalue weighted by atomic mass is 16.6. The van der Waals surface area contributed by atoms with E-state index in [0.717, 1.165) is 6.54 Å². The summed E-state index contributed by atoms with van der Waals surface area (Å²) >= 11 is 0. The second-order valence-corrected chi connectivity index (χ2v) is 7.96. The Balaban J connectivity index is 2.09. The van der Waals surface area contributed by atoms with Crippen LogP contribution >= 0.6 is 0 Å². The van der Waals surface area contributed by atoms with Crippen molar-refractivity contribution in [2.45, 2.75) is 19.4 Å². The molecule has 0 radical (unpaired) electrons. The zero-order chi connectivity index (χ0) is 24.1. The topological polar surface area (TPSA) is 113 Å². The minimum absolute atomic E-state index is 0.0487. The number of benzene rings is 2. The van der Waals surface area contributed by atoms with Gasteiger partial charge in [0.25, 0.3) is 17.4 Å². The summed E-state index contributed by atoms with van der Waals surface area (Å²) in [5.41, 5.74) is 0.662. The van der Waals surface area contributed by atoms with Gasteiger partial charge in [0.1, 0.15) is 11.5 Å². The van der Waals surface area contributed by atoms with Crippen molar-refractivity contribution in [3.8, 4) is 5.75 Å². The maximum absolute atomic E-state index is 13.0. The Bertz CT molecular complexity index is 1080. The van der Waals surface area contributed by atoms with Gasteiger partial charge in [-0.05, 0) is 63.8 Å². The number of non-ortho nitro benzene ring substituents is 1. The van der Waals surface area contributed by atoms with Gasteiger partial charge in [0.15, 0.2) is 0 Å². The van der Waals surface area contributed by atoms with Crippen molar-refractivity contribution < 1.29 is 24.4 Å². The van der Waals surface area contributed by atoms with E-state index in [0.29, 0.717) is 30.9 Å². The highest BCUT2D eigenvalue weighted by Crippen LogP contribution is 2.40. The number of nitro benzene ring substituents is 1. The molecule has 1 amide bonds. The van der Waals surface area contributed by atoms with Crippen LogP contribution < -0.4 is 4.74 Å². The number of carbonyl (C=O) groups excluding carboxylic acids is 2. The lowest BCUT2D eigenvalue weighted by Gasteiger charge is -2.26. The summed E-state index contributed by atoms with van der Waals surface area (Å²) in [5.74, 6) is -1.26. The summed E-state index contributed by atoms with van der Waals surface area (Å²) in [7, 11) is 3.84. The SMILES string of the molecule is CCOc1cccc(C2/C(=C(\O)c3ccc([N+](=O)[O-])cc3)C(=O)C(=O)N2CCCN(C)C)c1. The molecule has 1 saturated heterocycles. The van der Waals surface area contributed by atoms with Crippen molar-refractivity contribution in [2.24, 2.45) is 0 Å². The number of carbonyl (C=O) groups is 2. The first-order valence-electron chi connectivity index (χ1n) is 10.6. The maximum atomic E-state index is 13.0. The summed E-state index contributed by atoms with van der Waals surface area (Å²) < 4.78 is 5.59. The van der Waals surface area contributed by atoms with E-state index in [9.17, 15) is 24.8 Å². The van der Waals surface area contributed by atoms with Gasteiger partial charge in [0.2, 0.25) is 0 Å². The van der Waals surface area contributed by atoms with E-state index in [2.05, 4.69) is 0 Å². The molecule has 33 heavy (non-hydrogen) atoms. The van der Waals surface area contributed by atoms with Crippen molar-refractivity contribution in [1.29, 1.82) is 0 Å². The molecular weight excluding hydrogens is 426 g/mol. The Hall–Kier alpha value is -3.72. The lowest BCUT2D eigenvalue weighted by molar-refractivity contribution is -0.384. The Labute approximate surface area is 192 Å². The summed E-state index contributed by atoms with van der Waals surface area (Å²) in [6.07, 6.45) is 0.638. The second kappa shape index (κ2) is 10.3. The third-order valence-corrected chi connectivity index (χ3v) is 5.38. The standard InChI is InChI=1S/C24H27N3O6/c1-4-33-19-8-5-7-17(15-19)21-20(22(28)16-9-11-18(12-10-16)27(31)32)23(29)24(30)26(21)14-6-13-25(2)3/h5,7-12,15,21,28H,4,6,13-14H2,1-3H3/b22-20+. The quantitative estimate of drug-likeness (QED) is 0.204. The van der Waals surface area contributed by atoms with E-state index in [4.69, 9.17) is 4.74 Å². The highest BCUT2D eigenvalue weighted by Gasteiger charge is 2.45. The molecule has 1 heterocycles. The molecule has 1 atom stereocenters. The van der Waals surface area contributed by atoms with Crippen LogP contribution in [0.25, 0.3) is 5.76 Å². The molecule has 0 spiro atoms. The summed E-state index contributed by atoms with van der Waals surface area (Å²) in [6.45, 7) is 3.35. The van der Waals surface area contributed by atoms with Crippen LogP contribution in [0.3, 0.4) is 0 Å². The van der Waals surface area contributed by atoms with Crippen LogP contribution in [0.2, 0.25) is 0 Å². The summed E-state index contributed by atoms with van der Waals surface area (Å²) in [4.78, 5) is 39.9. The molecule has 0 aliphatic carbocycles.